The number of benzene rings is 1. The van der Waals surface area contributed by atoms with Gasteiger partial charge in [-0.2, -0.15) is 0 Å². The summed E-state index contributed by atoms with van der Waals surface area (Å²) in [4.78, 5) is 15.8. The summed E-state index contributed by atoms with van der Waals surface area (Å²) in [5, 5.41) is 6.07. The number of carbonyl (C=O) groups excluding carboxylic acids is 1. The fraction of sp³-hybridized carbons (Fsp3) is 0.273. The van der Waals surface area contributed by atoms with Gasteiger partial charge in [0.25, 0.3) is 0 Å². The van der Waals surface area contributed by atoms with E-state index < -0.39 is 6.09 Å². The molecule has 1 aromatic carbocycles. The quantitative estimate of drug-likeness (QED) is 0.394. The van der Waals surface area contributed by atoms with Crippen molar-refractivity contribution in [3.8, 4) is 0 Å². The molecule has 0 aliphatic carbocycles. The van der Waals surface area contributed by atoms with E-state index in [0.29, 0.717) is 18.0 Å². The van der Waals surface area contributed by atoms with Crippen LogP contribution in [0.15, 0.2) is 29.4 Å². The third kappa shape index (κ3) is 5.56. The Hall–Kier alpha value is -1.26. The number of carbonyl (C=O) groups is 1. The lowest BCUT2D eigenvalue weighted by Gasteiger charge is -2.03. The lowest BCUT2D eigenvalue weighted by atomic mass is 10.2. The Morgan fingerprint density at radius 3 is 2.65 bits per heavy atom. The molecule has 6 heteroatoms. The van der Waals surface area contributed by atoms with Crippen LogP contribution < -0.4 is 5.32 Å². The third-order valence-electron chi connectivity index (χ3n) is 1.83. The Labute approximate surface area is 110 Å². The van der Waals surface area contributed by atoms with Gasteiger partial charge in [-0.05, 0) is 19.1 Å². The average Bonchev–Trinajstić information content (AvgIpc) is 2.30. The SMILES string of the molecule is Cc1ccc(NC(=O)O/N=C(/Cl)CCCl)cc1. The Kier molecular flexibility index (Phi) is 5.80. The number of oxime groups is 1. The summed E-state index contributed by atoms with van der Waals surface area (Å²) in [5.41, 5.74) is 1.73. The summed E-state index contributed by atoms with van der Waals surface area (Å²) in [6, 6.07) is 7.28. The van der Waals surface area contributed by atoms with Gasteiger partial charge in [0.1, 0.15) is 5.17 Å². The number of hydrogen-bond donors (Lipinski definition) is 1. The maximum Gasteiger partial charge on any atom is 0.437 e. The van der Waals surface area contributed by atoms with Crippen LogP contribution in [0.3, 0.4) is 0 Å². The van der Waals surface area contributed by atoms with Gasteiger partial charge in [-0.1, -0.05) is 34.5 Å². The predicted molar refractivity (Wildman–Crippen MR) is 69.9 cm³/mol. The molecule has 0 bridgehead atoms. The van der Waals surface area contributed by atoms with E-state index in [9.17, 15) is 4.79 Å². The molecule has 0 unspecified atom stereocenters. The summed E-state index contributed by atoms with van der Waals surface area (Å²) in [6.45, 7) is 1.96. The molecule has 0 radical (unpaired) electrons. The number of alkyl halides is 1. The summed E-state index contributed by atoms with van der Waals surface area (Å²) in [5.74, 6) is 0.325. The van der Waals surface area contributed by atoms with Crippen LogP contribution in [0.25, 0.3) is 0 Å². The number of hydrogen-bond acceptors (Lipinski definition) is 3. The molecular weight excluding hydrogens is 263 g/mol. The van der Waals surface area contributed by atoms with Gasteiger partial charge in [-0.25, -0.2) is 4.79 Å². The molecule has 1 rings (SSSR count). The number of aryl methyl sites for hydroxylation is 1. The molecule has 0 heterocycles. The van der Waals surface area contributed by atoms with E-state index in [1.165, 1.54) is 0 Å². The summed E-state index contributed by atoms with van der Waals surface area (Å²) in [6.07, 6.45) is -0.331. The van der Waals surface area contributed by atoms with Crippen molar-refractivity contribution in [1.82, 2.24) is 0 Å². The molecule has 4 nitrogen and oxygen atoms in total. The van der Waals surface area contributed by atoms with Crippen LogP contribution in [0.2, 0.25) is 0 Å². The Morgan fingerprint density at radius 1 is 1.41 bits per heavy atom. The van der Waals surface area contributed by atoms with Crippen molar-refractivity contribution >= 4 is 40.2 Å². The second kappa shape index (κ2) is 7.14. The molecule has 17 heavy (non-hydrogen) atoms. The highest BCUT2D eigenvalue weighted by Gasteiger charge is 2.03. The van der Waals surface area contributed by atoms with Crippen molar-refractivity contribution in [2.45, 2.75) is 13.3 Å². The van der Waals surface area contributed by atoms with E-state index in [-0.39, 0.29) is 5.17 Å². The van der Waals surface area contributed by atoms with Gasteiger partial charge in [0.05, 0.1) is 0 Å². The van der Waals surface area contributed by atoms with Gasteiger partial charge < -0.3 is 0 Å². The number of rotatable bonds is 4. The van der Waals surface area contributed by atoms with E-state index in [0.717, 1.165) is 5.56 Å². The summed E-state index contributed by atoms with van der Waals surface area (Å²) in [7, 11) is 0. The zero-order valence-corrected chi connectivity index (χ0v) is 10.8. The number of halogens is 2. The Bertz CT molecular complexity index is 404. The lowest BCUT2D eigenvalue weighted by molar-refractivity contribution is 0.166. The normalized spacial score (nSPS) is 11.1. The third-order valence-corrected chi connectivity index (χ3v) is 2.27. The first-order chi connectivity index (χ1) is 8.11. The zero-order valence-electron chi connectivity index (χ0n) is 9.24. The largest absolute Gasteiger partial charge is 0.437 e. The number of nitrogens with one attached hydrogen (secondary N) is 1. The highest BCUT2D eigenvalue weighted by molar-refractivity contribution is 6.65. The van der Waals surface area contributed by atoms with Crippen LogP contribution in [-0.4, -0.2) is 17.1 Å². The summed E-state index contributed by atoms with van der Waals surface area (Å²) >= 11 is 11.0. The molecule has 1 aromatic rings. The van der Waals surface area contributed by atoms with Crippen LogP contribution in [-0.2, 0) is 4.84 Å². The van der Waals surface area contributed by atoms with Crippen LogP contribution in [0.1, 0.15) is 12.0 Å². The maximum absolute atomic E-state index is 11.3. The predicted octanol–water partition coefficient (Wildman–Crippen LogP) is 3.72. The van der Waals surface area contributed by atoms with Gasteiger partial charge >= 0.3 is 6.09 Å². The van der Waals surface area contributed by atoms with Gasteiger partial charge in [0.2, 0.25) is 0 Å². The molecule has 0 aliphatic heterocycles. The van der Waals surface area contributed by atoms with Crippen molar-refractivity contribution < 1.29 is 9.63 Å². The van der Waals surface area contributed by atoms with E-state index in [4.69, 9.17) is 23.2 Å². The first kappa shape index (κ1) is 13.8. The lowest BCUT2D eigenvalue weighted by Crippen LogP contribution is -2.11. The van der Waals surface area contributed by atoms with E-state index in [1.54, 1.807) is 12.1 Å². The van der Waals surface area contributed by atoms with Crippen LogP contribution in [0.4, 0.5) is 10.5 Å². The molecule has 0 saturated heterocycles. The Balaban J connectivity index is 2.44. The van der Waals surface area contributed by atoms with E-state index in [2.05, 4.69) is 15.3 Å². The Morgan fingerprint density at radius 2 is 2.06 bits per heavy atom. The standard InChI is InChI=1S/C11H12Cl2N2O2/c1-8-2-4-9(5-3-8)14-11(16)17-15-10(13)6-7-12/h2-5H,6-7H2,1H3,(H,14,16)/b15-10+. The molecule has 92 valence electrons. The van der Waals surface area contributed by atoms with Crippen molar-refractivity contribution in [2.24, 2.45) is 5.16 Å². The molecule has 0 saturated carbocycles. The topological polar surface area (TPSA) is 50.7 Å². The molecule has 0 aliphatic rings. The second-order valence-electron chi connectivity index (χ2n) is 3.28. The first-order valence-corrected chi connectivity index (χ1v) is 5.86. The minimum atomic E-state index is -0.693. The van der Waals surface area contributed by atoms with Crippen molar-refractivity contribution in [1.29, 1.82) is 0 Å². The first-order valence-electron chi connectivity index (χ1n) is 4.95. The number of nitrogens with zero attached hydrogens (tertiary/aromatic N) is 1. The maximum atomic E-state index is 11.3. The zero-order chi connectivity index (χ0) is 12.7. The smallest absolute Gasteiger partial charge is 0.297 e. The fourth-order valence-electron chi connectivity index (χ4n) is 0.992. The molecule has 0 fully saturated rings. The van der Waals surface area contributed by atoms with Crippen molar-refractivity contribution in [2.75, 3.05) is 11.2 Å². The second-order valence-corrected chi connectivity index (χ2v) is 4.09. The summed E-state index contributed by atoms with van der Waals surface area (Å²) < 4.78 is 0. The van der Waals surface area contributed by atoms with Crippen LogP contribution in [0, 0.1) is 6.92 Å². The van der Waals surface area contributed by atoms with Gasteiger partial charge in [-0.15, -0.1) is 11.6 Å². The van der Waals surface area contributed by atoms with Gasteiger partial charge in [0, 0.05) is 18.0 Å². The number of amides is 1. The highest BCUT2D eigenvalue weighted by Crippen LogP contribution is 2.09. The molecule has 1 N–H and O–H groups in total. The minimum absolute atomic E-state index is 0.152. The molecular formula is C11H12Cl2N2O2. The monoisotopic (exact) mass is 274 g/mol. The molecule has 1 amide bonds. The number of anilines is 1. The average molecular weight is 275 g/mol. The highest BCUT2D eigenvalue weighted by atomic mass is 35.5. The molecule has 0 atom stereocenters. The van der Waals surface area contributed by atoms with Gasteiger partial charge in [0.15, 0.2) is 0 Å². The fourth-order valence-corrected chi connectivity index (χ4v) is 1.40. The van der Waals surface area contributed by atoms with Gasteiger partial charge in [-0.3, -0.25) is 10.2 Å². The van der Waals surface area contributed by atoms with E-state index in [1.807, 2.05) is 19.1 Å². The molecule has 0 spiro atoms. The van der Waals surface area contributed by atoms with Crippen LogP contribution >= 0.6 is 23.2 Å². The van der Waals surface area contributed by atoms with Crippen LogP contribution in [0.5, 0.6) is 0 Å². The van der Waals surface area contributed by atoms with Crippen molar-refractivity contribution in [3.05, 3.63) is 29.8 Å². The van der Waals surface area contributed by atoms with Crippen molar-refractivity contribution in [3.63, 3.8) is 0 Å². The molecule has 0 aromatic heterocycles. The van der Waals surface area contributed by atoms with E-state index >= 15 is 0 Å². The minimum Gasteiger partial charge on any atom is -0.297 e.